The Bertz CT molecular complexity index is 547. The molecule has 0 saturated heterocycles. The van der Waals surface area contributed by atoms with Crippen molar-refractivity contribution in [1.82, 2.24) is 4.90 Å². The molecule has 0 spiro atoms. The van der Waals surface area contributed by atoms with Gasteiger partial charge in [0.1, 0.15) is 12.7 Å². The molecule has 0 fully saturated rings. The van der Waals surface area contributed by atoms with Crippen molar-refractivity contribution >= 4 is 0 Å². The average Bonchev–Trinajstić information content (AvgIpc) is 2.51. The summed E-state index contributed by atoms with van der Waals surface area (Å²) in [5, 5.41) is 17.7. The number of ether oxygens (including phenoxy) is 2. The van der Waals surface area contributed by atoms with Crippen molar-refractivity contribution in [3.63, 3.8) is 0 Å². The van der Waals surface area contributed by atoms with Gasteiger partial charge in [-0.25, -0.2) is 0 Å². The topological polar surface area (TPSA) is 69.3 Å². The summed E-state index contributed by atoms with van der Waals surface area (Å²) in [4.78, 5) is 2.06. The van der Waals surface area contributed by atoms with Gasteiger partial charge in [0.25, 0.3) is 0 Å². The number of likely N-dealkylation sites (N-methyl/N-ethyl adjacent to an activating group) is 1. The van der Waals surface area contributed by atoms with Gasteiger partial charge < -0.3 is 14.4 Å². The Morgan fingerprint density at radius 1 is 1.33 bits per heavy atom. The minimum absolute atomic E-state index is 0.0415. The van der Waals surface area contributed by atoms with Gasteiger partial charge in [-0.15, -0.1) is 0 Å². The molecule has 0 aromatic heterocycles. The third-order valence-corrected chi connectivity index (χ3v) is 3.40. The number of hydrogen-bond acceptors (Lipinski definition) is 5. The normalized spacial score (nSPS) is 17.8. The zero-order valence-corrected chi connectivity index (χ0v) is 12.2. The number of nitriles is 2. The second kappa shape index (κ2) is 7.52. The monoisotopic (exact) mass is 285 g/mol. The van der Waals surface area contributed by atoms with Gasteiger partial charge in [-0.3, -0.25) is 0 Å². The predicted molar refractivity (Wildman–Crippen MR) is 77.8 cm³/mol. The maximum Gasteiger partial charge on any atom is 0.161 e. The molecule has 1 aliphatic heterocycles. The number of nitrogens with zero attached hydrogens (tertiary/aromatic N) is 3. The van der Waals surface area contributed by atoms with Crippen LogP contribution in [0.25, 0.3) is 0 Å². The lowest BCUT2D eigenvalue weighted by atomic mass is 10.1. The lowest BCUT2D eigenvalue weighted by Crippen LogP contribution is -2.40. The second-order valence-corrected chi connectivity index (χ2v) is 5.24. The molecule has 0 unspecified atom stereocenters. The molecule has 1 heterocycles. The van der Waals surface area contributed by atoms with Crippen molar-refractivity contribution in [3.8, 4) is 23.6 Å². The van der Waals surface area contributed by atoms with Crippen LogP contribution in [0.4, 0.5) is 0 Å². The molecule has 21 heavy (non-hydrogen) atoms. The zero-order valence-electron chi connectivity index (χ0n) is 12.2. The van der Waals surface area contributed by atoms with E-state index in [0.717, 1.165) is 11.5 Å². The highest BCUT2D eigenvalue weighted by atomic mass is 16.6. The van der Waals surface area contributed by atoms with Gasteiger partial charge >= 0.3 is 0 Å². The first kappa shape index (κ1) is 15.2. The van der Waals surface area contributed by atoms with Crippen LogP contribution >= 0.6 is 0 Å². The molecule has 1 aromatic rings. The van der Waals surface area contributed by atoms with E-state index in [1.165, 1.54) is 0 Å². The highest BCUT2D eigenvalue weighted by molar-refractivity contribution is 5.40. The Labute approximate surface area is 125 Å². The second-order valence-electron chi connectivity index (χ2n) is 5.24. The Morgan fingerprint density at radius 3 is 2.81 bits per heavy atom. The number of fused-ring (bicyclic) bond motifs is 1. The Balaban J connectivity index is 1.83. The van der Waals surface area contributed by atoms with Crippen LogP contribution in [-0.2, 0) is 0 Å². The van der Waals surface area contributed by atoms with Gasteiger partial charge in [0.2, 0.25) is 0 Å². The van der Waals surface area contributed by atoms with Crippen molar-refractivity contribution in [2.24, 2.45) is 5.92 Å². The van der Waals surface area contributed by atoms with Crippen LogP contribution in [0.2, 0.25) is 0 Å². The highest BCUT2D eigenvalue weighted by Crippen LogP contribution is 2.30. The minimum atomic E-state index is -0.119. The fourth-order valence-corrected chi connectivity index (χ4v) is 2.39. The third-order valence-electron chi connectivity index (χ3n) is 3.40. The SMILES string of the molecule is CN(C[C@@H](C#N)CCC#N)C[C@H]1COc2ccccc2O1. The van der Waals surface area contributed by atoms with Gasteiger partial charge in [0.05, 0.1) is 18.1 Å². The van der Waals surface area contributed by atoms with Gasteiger partial charge in [-0.1, -0.05) is 12.1 Å². The van der Waals surface area contributed by atoms with Gasteiger partial charge in [-0.05, 0) is 25.6 Å². The van der Waals surface area contributed by atoms with Crippen molar-refractivity contribution in [1.29, 1.82) is 10.5 Å². The first-order valence-electron chi connectivity index (χ1n) is 7.06. The predicted octanol–water partition coefficient (Wildman–Crippen LogP) is 2.20. The summed E-state index contributed by atoms with van der Waals surface area (Å²) >= 11 is 0. The third kappa shape index (κ3) is 4.37. The summed E-state index contributed by atoms with van der Waals surface area (Å²) in [6.07, 6.45) is 0.991. The fraction of sp³-hybridized carbons (Fsp3) is 0.500. The van der Waals surface area contributed by atoms with Crippen LogP contribution in [0.15, 0.2) is 24.3 Å². The van der Waals surface area contributed by atoms with E-state index in [1.807, 2.05) is 31.3 Å². The Morgan fingerprint density at radius 2 is 2.10 bits per heavy atom. The maximum atomic E-state index is 9.10. The van der Waals surface area contributed by atoms with Gasteiger partial charge in [0, 0.05) is 19.5 Å². The molecule has 2 rings (SSSR count). The standard InChI is InChI=1S/C16H19N3O2/c1-19(10-13(9-18)5-4-8-17)11-14-12-20-15-6-2-3-7-16(15)21-14/h2-3,6-7,13-14H,4-5,10-12H2,1H3/t13-,14+/m1/s1. The number of hydrogen-bond donors (Lipinski definition) is 0. The molecular weight excluding hydrogens is 266 g/mol. The molecule has 0 aliphatic carbocycles. The number of benzene rings is 1. The first-order chi connectivity index (χ1) is 10.2. The molecular formula is C16H19N3O2. The number of rotatable bonds is 6. The lowest BCUT2D eigenvalue weighted by Gasteiger charge is -2.30. The zero-order chi connectivity index (χ0) is 15.1. The number of para-hydroxylation sites is 2. The van der Waals surface area contributed by atoms with E-state index < -0.39 is 0 Å². The van der Waals surface area contributed by atoms with Crippen molar-refractivity contribution in [3.05, 3.63) is 24.3 Å². The minimum Gasteiger partial charge on any atom is -0.486 e. The molecule has 0 amide bonds. The van der Waals surface area contributed by atoms with Crippen LogP contribution in [0.1, 0.15) is 12.8 Å². The van der Waals surface area contributed by atoms with Crippen LogP contribution in [-0.4, -0.2) is 37.7 Å². The molecule has 0 N–H and O–H groups in total. The van der Waals surface area contributed by atoms with Crippen LogP contribution < -0.4 is 9.47 Å². The van der Waals surface area contributed by atoms with E-state index in [2.05, 4.69) is 17.0 Å². The highest BCUT2D eigenvalue weighted by Gasteiger charge is 2.22. The first-order valence-corrected chi connectivity index (χ1v) is 7.06. The molecule has 1 aliphatic rings. The summed E-state index contributed by atoms with van der Waals surface area (Å²) in [5.74, 6) is 1.43. The van der Waals surface area contributed by atoms with E-state index in [1.54, 1.807) is 0 Å². The summed E-state index contributed by atoms with van der Waals surface area (Å²) < 4.78 is 11.6. The van der Waals surface area contributed by atoms with Crippen molar-refractivity contribution < 1.29 is 9.47 Å². The fourth-order valence-electron chi connectivity index (χ4n) is 2.39. The molecule has 1 aromatic carbocycles. The van der Waals surface area contributed by atoms with Gasteiger partial charge in [0.15, 0.2) is 11.5 Å². The largest absolute Gasteiger partial charge is 0.486 e. The smallest absolute Gasteiger partial charge is 0.161 e. The summed E-state index contributed by atoms with van der Waals surface area (Å²) in [6.45, 7) is 1.84. The lowest BCUT2D eigenvalue weighted by molar-refractivity contribution is 0.0632. The molecule has 110 valence electrons. The van der Waals surface area contributed by atoms with Gasteiger partial charge in [-0.2, -0.15) is 10.5 Å². The van der Waals surface area contributed by atoms with Crippen LogP contribution in [0, 0.1) is 28.6 Å². The van der Waals surface area contributed by atoms with E-state index >= 15 is 0 Å². The Kier molecular flexibility index (Phi) is 5.43. The van der Waals surface area contributed by atoms with Crippen molar-refractivity contribution in [2.75, 3.05) is 26.7 Å². The molecule has 0 bridgehead atoms. The van der Waals surface area contributed by atoms with E-state index in [0.29, 0.717) is 32.5 Å². The average molecular weight is 285 g/mol. The molecule has 0 saturated carbocycles. The molecule has 0 radical (unpaired) electrons. The van der Waals surface area contributed by atoms with Crippen molar-refractivity contribution in [2.45, 2.75) is 18.9 Å². The molecule has 5 nitrogen and oxygen atoms in total. The maximum absolute atomic E-state index is 9.10. The Hall–Kier alpha value is -2.24. The van der Waals surface area contributed by atoms with E-state index in [9.17, 15) is 0 Å². The molecule has 5 heteroatoms. The summed E-state index contributed by atoms with van der Waals surface area (Å²) in [5.41, 5.74) is 0. The quantitative estimate of drug-likeness (QED) is 0.801. The molecule has 2 atom stereocenters. The van der Waals surface area contributed by atoms with Crippen LogP contribution in [0.3, 0.4) is 0 Å². The van der Waals surface area contributed by atoms with E-state index in [4.69, 9.17) is 20.0 Å². The summed E-state index contributed by atoms with van der Waals surface area (Å²) in [7, 11) is 1.96. The van der Waals surface area contributed by atoms with Crippen LogP contribution in [0.5, 0.6) is 11.5 Å². The summed E-state index contributed by atoms with van der Waals surface area (Å²) in [6, 6.07) is 12.0. The van der Waals surface area contributed by atoms with E-state index in [-0.39, 0.29) is 12.0 Å².